The molecule has 106 valence electrons. The molecule has 1 fully saturated rings. The van der Waals surface area contributed by atoms with Gasteiger partial charge in [-0.05, 0) is 24.1 Å². The van der Waals surface area contributed by atoms with Gasteiger partial charge in [-0.3, -0.25) is 0 Å². The Bertz CT molecular complexity index is 534. The van der Waals surface area contributed by atoms with Crippen LogP contribution in [0.5, 0.6) is 5.75 Å². The number of methoxy groups -OCH3 is 1. The zero-order valence-electron chi connectivity index (χ0n) is 11.5. The summed E-state index contributed by atoms with van der Waals surface area (Å²) in [7, 11) is 1.71. The number of thioether (sulfide) groups is 2. The highest BCUT2D eigenvalue weighted by Crippen LogP contribution is 2.47. The van der Waals surface area contributed by atoms with Gasteiger partial charge < -0.3 is 9.30 Å². The number of hydrogen-bond donors (Lipinski definition) is 0. The number of imidazole rings is 1. The number of benzene rings is 1. The van der Waals surface area contributed by atoms with Crippen molar-refractivity contribution in [1.82, 2.24) is 9.55 Å². The normalized spacial score (nSPS) is 17.2. The Hall–Kier alpha value is -1.07. The van der Waals surface area contributed by atoms with Crippen LogP contribution in [0.1, 0.15) is 5.56 Å². The van der Waals surface area contributed by atoms with E-state index in [1.54, 1.807) is 7.11 Å². The van der Waals surface area contributed by atoms with Crippen LogP contribution in [0, 0.1) is 0 Å². The second-order valence-electron chi connectivity index (χ2n) is 4.87. The van der Waals surface area contributed by atoms with Gasteiger partial charge in [-0.1, -0.05) is 12.1 Å². The smallest absolute Gasteiger partial charge is 0.118 e. The zero-order chi connectivity index (χ0) is 13.8. The van der Waals surface area contributed by atoms with Gasteiger partial charge in [0.2, 0.25) is 0 Å². The van der Waals surface area contributed by atoms with Crippen LogP contribution < -0.4 is 4.74 Å². The first-order valence-corrected chi connectivity index (χ1v) is 8.63. The highest BCUT2D eigenvalue weighted by Gasteiger charge is 2.36. The Balaban J connectivity index is 1.76. The van der Waals surface area contributed by atoms with Crippen LogP contribution in [0.4, 0.5) is 0 Å². The van der Waals surface area contributed by atoms with E-state index in [1.165, 1.54) is 17.1 Å². The molecule has 0 aliphatic carbocycles. The molecule has 2 aromatic rings. The van der Waals surface area contributed by atoms with Crippen molar-refractivity contribution in [2.75, 3.05) is 18.6 Å². The van der Waals surface area contributed by atoms with Crippen LogP contribution in [0.2, 0.25) is 0 Å². The Morgan fingerprint density at radius 3 is 2.60 bits per heavy atom. The van der Waals surface area contributed by atoms with E-state index < -0.39 is 0 Å². The van der Waals surface area contributed by atoms with Crippen molar-refractivity contribution in [3.63, 3.8) is 0 Å². The van der Waals surface area contributed by atoms with Crippen molar-refractivity contribution in [3.8, 4) is 5.75 Å². The predicted octanol–water partition coefficient (Wildman–Crippen LogP) is 3.31. The molecule has 1 aromatic carbocycles. The van der Waals surface area contributed by atoms with E-state index in [-0.39, 0.29) is 4.08 Å². The van der Waals surface area contributed by atoms with E-state index in [9.17, 15) is 0 Å². The van der Waals surface area contributed by atoms with E-state index >= 15 is 0 Å². The lowest BCUT2D eigenvalue weighted by molar-refractivity contribution is 0.414. The van der Waals surface area contributed by atoms with Gasteiger partial charge >= 0.3 is 0 Å². The molecule has 1 aliphatic rings. The zero-order valence-corrected chi connectivity index (χ0v) is 13.1. The number of ether oxygens (including phenoxy) is 1. The topological polar surface area (TPSA) is 27.1 Å². The molecule has 20 heavy (non-hydrogen) atoms. The van der Waals surface area contributed by atoms with E-state index in [0.717, 1.165) is 18.7 Å². The fourth-order valence-electron chi connectivity index (χ4n) is 2.46. The lowest BCUT2D eigenvalue weighted by Gasteiger charge is -2.28. The summed E-state index contributed by atoms with van der Waals surface area (Å²) < 4.78 is 7.65. The van der Waals surface area contributed by atoms with Crippen molar-refractivity contribution < 1.29 is 4.74 Å². The third-order valence-electron chi connectivity index (χ3n) is 3.43. The summed E-state index contributed by atoms with van der Waals surface area (Å²) in [6.07, 6.45) is 6.89. The molecule has 3 rings (SSSR count). The van der Waals surface area contributed by atoms with Crippen molar-refractivity contribution in [3.05, 3.63) is 48.5 Å². The summed E-state index contributed by atoms with van der Waals surface area (Å²) in [4.78, 5) is 4.15. The lowest BCUT2D eigenvalue weighted by atomic mass is 10.1. The second kappa shape index (κ2) is 6.14. The van der Waals surface area contributed by atoms with E-state index in [0.29, 0.717) is 0 Å². The van der Waals surface area contributed by atoms with Crippen LogP contribution in [0.25, 0.3) is 0 Å². The van der Waals surface area contributed by atoms with Gasteiger partial charge in [0.05, 0.1) is 17.5 Å². The second-order valence-corrected chi connectivity index (χ2v) is 8.08. The molecule has 0 radical (unpaired) electrons. The average Bonchev–Trinajstić information content (AvgIpc) is 3.13. The average molecular weight is 306 g/mol. The number of aromatic nitrogens is 2. The van der Waals surface area contributed by atoms with Gasteiger partial charge in [0, 0.05) is 30.4 Å². The van der Waals surface area contributed by atoms with Gasteiger partial charge in [0.15, 0.2) is 0 Å². The van der Waals surface area contributed by atoms with Crippen molar-refractivity contribution in [1.29, 1.82) is 0 Å². The maximum atomic E-state index is 5.23. The molecule has 0 amide bonds. The first-order chi connectivity index (χ1) is 9.80. The largest absolute Gasteiger partial charge is 0.497 e. The van der Waals surface area contributed by atoms with Crippen LogP contribution >= 0.6 is 23.5 Å². The standard InChI is InChI=1S/C15H18N2OS2/c1-18-14-4-2-13(3-5-14)10-15(19-8-9-20-15)11-17-7-6-16-12-17/h2-7,12H,8-11H2,1H3. The minimum atomic E-state index is 0.231. The van der Waals surface area contributed by atoms with Crippen LogP contribution in [0.15, 0.2) is 43.0 Å². The Kier molecular flexibility index (Phi) is 4.27. The Morgan fingerprint density at radius 2 is 2.00 bits per heavy atom. The summed E-state index contributed by atoms with van der Waals surface area (Å²) in [5, 5.41) is 0. The molecule has 0 atom stereocenters. The first-order valence-electron chi connectivity index (χ1n) is 6.66. The predicted molar refractivity (Wildman–Crippen MR) is 86.6 cm³/mol. The van der Waals surface area contributed by atoms with Gasteiger partial charge in [0.1, 0.15) is 5.75 Å². The van der Waals surface area contributed by atoms with Gasteiger partial charge in [-0.2, -0.15) is 0 Å². The molecule has 1 saturated heterocycles. The molecular formula is C15H18N2OS2. The fourth-order valence-corrected chi connectivity index (χ4v) is 5.72. The van der Waals surface area contributed by atoms with Gasteiger partial charge in [-0.25, -0.2) is 4.98 Å². The maximum absolute atomic E-state index is 5.23. The summed E-state index contributed by atoms with van der Waals surface area (Å²) in [6.45, 7) is 1.01. The summed E-state index contributed by atoms with van der Waals surface area (Å²) >= 11 is 4.15. The monoisotopic (exact) mass is 306 g/mol. The number of rotatable bonds is 5. The minimum Gasteiger partial charge on any atom is -0.497 e. The molecule has 3 nitrogen and oxygen atoms in total. The molecule has 0 bridgehead atoms. The molecule has 5 heteroatoms. The SMILES string of the molecule is COc1ccc(CC2(Cn3ccnc3)SCCS2)cc1. The molecule has 0 saturated carbocycles. The third kappa shape index (κ3) is 3.15. The highest BCUT2D eigenvalue weighted by atomic mass is 32.2. The van der Waals surface area contributed by atoms with E-state index in [4.69, 9.17) is 4.74 Å². The quantitative estimate of drug-likeness (QED) is 0.847. The Morgan fingerprint density at radius 1 is 1.25 bits per heavy atom. The molecule has 0 spiro atoms. The van der Waals surface area contributed by atoms with Crippen molar-refractivity contribution in [2.24, 2.45) is 0 Å². The summed E-state index contributed by atoms with van der Waals surface area (Å²) in [5.74, 6) is 3.38. The minimum absolute atomic E-state index is 0.231. The maximum Gasteiger partial charge on any atom is 0.118 e. The van der Waals surface area contributed by atoms with Crippen LogP contribution in [-0.4, -0.2) is 32.2 Å². The van der Waals surface area contributed by atoms with Gasteiger partial charge in [0.25, 0.3) is 0 Å². The van der Waals surface area contributed by atoms with Crippen molar-refractivity contribution in [2.45, 2.75) is 17.0 Å². The molecule has 1 aliphatic heterocycles. The van der Waals surface area contributed by atoms with E-state index in [2.05, 4.69) is 51.4 Å². The molecule has 0 N–H and O–H groups in total. The van der Waals surface area contributed by atoms with Crippen molar-refractivity contribution >= 4 is 23.5 Å². The van der Waals surface area contributed by atoms with Crippen LogP contribution in [-0.2, 0) is 13.0 Å². The molecule has 2 heterocycles. The molecular weight excluding hydrogens is 288 g/mol. The van der Waals surface area contributed by atoms with Crippen LogP contribution in [0.3, 0.4) is 0 Å². The first kappa shape index (κ1) is 13.9. The van der Waals surface area contributed by atoms with E-state index in [1.807, 2.05) is 24.7 Å². The molecule has 0 unspecified atom stereocenters. The summed E-state index contributed by atoms with van der Waals surface area (Å²) in [5.41, 5.74) is 1.37. The summed E-state index contributed by atoms with van der Waals surface area (Å²) in [6, 6.07) is 8.44. The molecule has 1 aromatic heterocycles. The fraction of sp³-hybridized carbons (Fsp3) is 0.400. The lowest BCUT2D eigenvalue weighted by Crippen LogP contribution is -2.27. The number of nitrogens with zero attached hydrogens (tertiary/aromatic N) is 2. The number of hydrogen-bond acceptors (Lipinski definition) is 4. The third-order valence-corrected chi connectivity index (χ3v) is 6.81. The van der Waals surface area contributed by atoms with Gasteiger partial charge in [-0.15, -0.1) is 23.5 Å². The highest BCUT2D eigenvalue weighted by molar-refractivity contribution is 8.21. The Labute approximate surface area is 128 Å².